The molecule has 1 saturated carbocycles. The van der Waals surface area contributed by atoms with Gasteiger partial charge in [-0.05, 0) is 37.3 Å². The highest BCUT2D eigenvalue weighted by molar-refractivity contribution is 6.06. The molecule has 3 aliphatic rings. The van der Waals surface area contributed by atoms with Gasteiger partial charge in [-0.15, -0.1) is 0 Å². The molecule has 114 valence electrons. The normalized spacial score (nSPS) is 32.0. The molecular formula is C17H19N3O2. The fourth-order valence-corrected chi connectivity index (χ4v) is 4.12. The molecule has 1 N–H and O–H groups in total. The molecule has 0 unspecified atom stereocenters. The Morgan fingerprint density at radius 1 is 1.18 bits per heavy atom. The SMILES string of the molecule is Cc1cccc(NCCN2C(=O)[C@H]3[C@H](C2=O)[C@H]2C=C[C@H]3C2)n1. The lowest BCUT2D eigenvalue weighted by atomic mass is 9.85. The molecule has 1 aromatic rings. The van der Waals surface area contributed by atoms with Crippen LogP contribution in [0, 0.1) is 30.6 Å². The van der Waals surface area contributed by atoms with Crippen molar-refractivity contribution in [2.75, 3.05) is 18.4 Å². The van der Waals surface area contributed by atoms with Gasteiger partial charge < -0.3 is 5.32 Å². The predicted octanol–water partition coefficient (Wildman–Crippen LogP) is 1.61. The van der Waals surface area contributed by atoms with Crippen LogP contribution >= 0.6 is 0 Å². The van der Waals surface area contributed by atoms with Crippen LogP contribution in [-0.4, -0.2) is 34.8 Å². The number of amides is 2. The molecule has 1 saturated heterocycles. The number of hydrogen-bond donors (Lipinski definition) is 1. The lowest BCUT2D eigenvalue weighted by Crippen LogP contribution is -2.36. The third kappa shape index (κ3) is 1.95. The van der Waals surface area contributed by atoms with E-state index in [2.05, 4.69) is 22.5 Å². The lowest BCUT2D eigenvalue weighted by Gasteiger charge is -2.17. The molecule has 2 bridgehead atoms. The Labute approximate surface area is 129 Å². The molecule has 0 spiro atoms. The van der Waals surface area contributed by atoms with Crippen LogP contribution in [0.15, 0.2) is 30.4 Å². The number of nitrogens with zero attached hydrogens (tertiary/aromatic N) is 2. The number of anilines is 1. The number of nitrogens with one attached hydrogen (secondary N) is 1. The first-order chi connectivity index (χ1) is 10.6. The van der Waals surface area contributed by atoms with Gasteiger partial charge in [0.25, 0.3) is 0 Å². The summed E-state index contributed by atoms with van der Waals surface area (Å²) in [6, 6.07) is 5.76. The maximum Gasteiger partial charge on any atom is 0.233 e. The van der Waals surface area contributed by atoms with Gasteiger partial charge in [0.05, 0.1) is 11.8 Å². The fourth-order valence-electron chi connectivity index (χ4n) is 4.12. The van der Waals surface area contributed by atoms with E-state index >= 15 is 0 Å². The van der Waals surface area contributed by atoms with Crippen molar-refractivity contribution in [2.45, 2.75) is 13.3 Å². The van der Waals surface area contributed by atoms with E-state index in [4.69, 9.17) is 0 Å². The van der Waals surface area contributed by atoms with Crippen molar-refractivity contribution in [2.24, 2.45) is 23.7 Å². The smallest absolute Gasteiger partial charge is 0.233 e. The van der Waals surface area contributed by atoms with E-state index in [1.165, 1.54) is 4.90 Å². The van der Waals surface area contributed by atoms with Crippen molar-refractivity contribution in [1.82, 2.24) is 9.88 Å². The third-order valence-corrected chi connectivity index (χ3v) is 5.09. The van der Waals surface area contributed by atoms with Crippen LogP contribution in [0.1, 0.15) is 12.1 Å². The van der Waals surface area contributed by atoms with Gasteiger partial charge in [0.2, 0.25) is 11.8 Å². The molecule has 1 aliphatic heterocycles. The number of carbonyl (C=O) groups excluding carboxylic acids is 2. The van der Waals surface area contributed by atoms with Crippen LogP contribution in [0.4, 0.5) is 5.82 Å². The van der Waals surface area contributed by atoms with Crippen LogP contribution in [0.25, 0.3) is 0 Å². The van der Waals surface area contributed by atoms with Crippen molar-refractivity contribution < 1.29 is 9.59 Å². The number of fused-ring (bicyclic) bond motifs is 5. The number of aromatic nitrogens is 1. The summed E-state index contributed by atoms with van der Waals surface area (Å²) in [7, 11) is 0. The van der Waals surface area contributed by atoms with Crippen molar-refractivity contribution >= 4 is 17.6 Å². The van der Waals surface area contributed by atoms with E-state index in [1.54, 1.807) is 0 Å². The number of likely N-dealkylation sites (tertiary alicyclic amines) is 1. The predicted molar refractivity (Wildman–Crippen MR) is 81.9 cm³/mol. The monoisotopic (exact) mass is 297 g/mol. The van der Waals surface area contributed by atoms with Crippen LogP contribution in [0.2, 0.25) is 0 Å². The van der Waals surface area contributed by atoms with Gasteiger partial charge in [-0.25, -0.2) is 4.98 Å². The molecule has 0 radical (unpaired) electrons. The standard InChI is InChI=1S/C17H19N3O2/c1-10-3-2-4-13(19-10)18-7-8-20-16(21)14-11-5-6-12(9-11)15(14)17(20)22/h2-6,11-12,14-15H,7-9H2,1H3,(H,18,19)/t11-,12-,14+,15+/m0/s1. The molecule has 2 heterocycles. The summed E-state index contributed by atoms with van der Waals surface area (Å²) < 4.78 is 0. The zero-order valence-electron chi connectivity index (χ0n) is 12.5. The Morgan fingerprint density at radius 2 is 1.86 bits per heavy atom. The largest absolute Gasteiger partial charge is 0.368 e. The number of aryl methyl sites for hydroxylation is 1. The summed E-state index contributed by atoms with van der Waals surface area (Å²) >= 11 is 0. The molecule has 2 fully saturated rings. The van der Waals surface area contributed by atoms with Gasteiger partial charge in [-0.3, -0.25) is 14.5 Å². The fraction of sp³-hybridized carbons (Fsp3) is 0.471. The molecule has 5 heteroatoms. The van der Waals surface area contributed by atoms with Gasteiger partial charge in [0.15, 0.2) is 0 Å². The first-order valence-electron chi connectivity index (χ1n) is 7.86. The highest BCUT2D eigenvalue weighted by Gasteiger charge is 2.58. The first kappa shape index (κ1) is 13.5. The van der Waals surface area contributed by atoms with E-state index in [-0.39, 0.29) is 35.5 Å². The van der Waals surface area contributed by atoms with Gasteiger partial charge in [-0.1, -0.05) is 18.2 Å². The Kier molecular flexibility index (Phi) is 3.03. The third-order valence-electron chi connectivity index (χ3n) is 5.09. The van der Waals surface area contributed by atoms with E-state index < -0.39 is 0 Å². The van der Waals surface area contributed by atoms with Crippen molar-refractivity contribution in [3.8, 4) is 0 Å². The number of imide groups is 1. The van der Waals surface area contributed by atoms with E-state index in [0.717, 1.165) is 17.9 Å². The number of carbonyl (C=O) groups is 2. The van der Waals surface area contributed by atoms with Gasteiger partial charge in [0, 0.05) is 18.8 Å². The average Bonchev–Trinajstić information content (AvgIpc) is 3.16. The molecule has 2 amide bonds. The molecular weight excluding hydrogens is 278 g/mol. The molecule has 4 atom stereocenters. The quantitative estimate of drug-likeness (QED) is 0.677. The topological polar surface area (TPSA) is 62.3 Å². The maximum absolute atomic E-state index is 12.5. The Hall–Kier alpha value is -2.17. The highest BCUT2D eigenvalue weighted by Crippen LogP contribution is 2.52. The van der Waals surface area contributed by atoms with Crippen LogP contribution in [0.5, 0.6) is 0 Å². The van der Waals surface area contributed by atoms with Crippen LogP contribution < -0.4 is 5.32 Å². The number of rotatable bonds is 4. The van der Waals surface area contributed by atoms with Crippen LogP contribution in [-0.2, 0) is 9.59 Å². The van der Waals surface area contributed by atoms with Gasteiger partial charge >= 0.3 is 0 Å². The molecule has 22 heavy (non-hydrogen) atoms. The Balaban J connectivity index is 1.40. The van der Waals surface area contributed by atoms with Gasteiger partial charge in [-0.2, -0.15) is 0 Å². The Morgan fingerprint density at radius 3 is 2.50 bits per heavy atom. The summed E-state index contributed by atoms with van der Waals surface area (Å²) in [5.41, 5.74) is 0.940. The first-order valence-corrected chi connectivity index (χ1v) is 7.86. The Bertz CT molecular complexity index is 640. The molecule has 2 aliphatic carbocycles. The summed E-state index contributed by atoms with van der Waals surface area (Å²) in [5.74, 6) is 1.18. The second kappa shape index (κ2) is 4.93. The lowest BCUT2D eigenvalue weighted by molar-refractivity contribution is -0.140. The van der Waals surface area contributed by atoms with Crippen molar-refractivity contribution in [1.29, 1.82) is 0 Å². The summed E-state index contributed by atoms with van der Waals surface area (Å²) in [4.78, 5) is 30.8. The van der Waals surface area contributed by atoms with E-state index in [1.807, 2.05) is 25.1 Å². The minimum Gasteiger partial charge on any atom is -0.368 e. The molecule has 5 nitrogen and oxygen atoms in total. The second-order valence-electron chi connectivity index (χ2n) is 6.42. The number of pyridine rings is 1. The molecule has 4 rings (SSSR count). The number of hydrogen-bond acceptors (Lipinski definition) is 4. The second-order valence-corrected chi connectivity index (χ2v) is 6.42. The summed E-state index contributed by atoms with van der Waals surface area (Å²) in [6.07, 6.45) is 5.22. The number of allylic oxidation sites excluding steroid dienone is 2. The van der Waals surface area contributed by atoms with E-state index in [0.29, 0.717) is 13.1 Å². The van der Waals surface area contributed by atoms with Gasteiger partial charge in [0.1, 0.15) is 5.82 Å². The zero-order chi connectivity index (χ0) is 15.3. The van der Waals surface area contributed by atoms with Crippen molar-refractivity contribution in [3.63, 3.8) is 0 Å². The van der Waals surface area contributed by atoms with Crippen LogP contribution in [0.3, 0.4) is 0 Å². The highest BCUT2D eigenvalue weighted by atomic mass is 16.2. The summed E-state index contributed by atoms with van der Waals surface area (Å²) in [6.45, 7) is 2.89. The summed E-state index contributed by atoms with van der Waals surface area (Å²) in [5, 5.41) is 3.18. The average molecular weight is 297 g/mol. The molecule has 1 aromatic heterocycles. The minimum atomic E-state index is -0.0976. The van der Waals surface area contributed by atoms with E-state index in [9.17, 15) is 9.59 Å². The zero-order valence-corrected chi connectivity index (χ0v) is 12.5. The molecule has 0 aromatic carbocycles. The maximum atomic E-state index is 12.5. The van der Waals surface area contributed by atoms with Crippen molar-refractivity contribution in [3.05, 3.63) is 36.0 Å². The minimum absolute atomic E-state index is 0.0193.